The van der Waals surface area contributed by atoms with E-state index in [-0.39, 0.29) is 23.7 Å². The Kier molecular flexibility index (Phi) is 15.4. The van der Waals surface area contributed by atoms with Gasteiger partial charge >= 0.3 is 0 Å². The summed E-state index contributed by atoms with van der Waals surface area (Å²) in [5.74, 6) is 0.136. The van der Waals surface area contributed by atoms with Crippen LogP contribution in [0.25, 0.3) is 0 Å². The maximum absolute atomic E-state index is 12.5. The van der Waals surface area contributed by atoms with Crippen LogP contribution in [-0.2, 0) is 35.5 Å². The van der Waals surface area contributed by atoms with Crippen LogP contribution in [0.3, 0.4) is 0 Å². The number of aryl methyl sites for hydroxylation is 2. The summed E-state index contributed by atoms with van der Waals surface area (Å²) in [6.07, 6.45) is 9.03. The van der Waals surface area contributed by atoms with E-state index in [4.69, 9.17) is 0 Å². The van der Waals surface area contributed by atoms with Gasteiger partial charge in [-0.15, -0.1) is 10.2 Å². The number of amides is 2. The van der Waals surface area contributed by atoms with Gasteiger partial charge in [-0.3, -0.25) is 19.0 Å². The average molecular weight is 561 g/mol. The SMILES string of the molecule is CC(C)NCCc1cn(CCCNC(=O)C(C)CCC(C)NCCCn2cc(CCNC(=O)C(C)C)nn2)nn1. The predicted octanol–water partition coefficient (Wildman–Crippen LogP) is 1.72. The lowest BCUT2D eigenvalue weighted by molar-refractivity contribution is -0.125. The van der Waals surface area contributed by atoms with E-state index < -0.39 is 0 Å². The molecule has 12 nitrogen and oxygen atoms in total. The monoisotopic (exact) mass is 560 g/mol. The topological polar surface area (TPSA) is 144 Å². The summed E-state index contributed by atoms with van der Waals surface area (Å²) >= 11 is 0. The highest BCUT2D eigenvalue weighted by Gasteiger charge is 2.14. The summed E-state index contributed by atoms with van der Waals surface area (Å²) in [6, 6.07) is 0.804. The summed E-state index contributed by atoms with van der Waals surface area (Å²) in [5.41, 5.74) is 1.87. The van der Waals surface area contributed by atoms with Crippen molar-refractivity contribution in [3.63, 3.8) is 0 Å². The Bertz CT molecular complexity index is 987. The second kappa shape index (κ2) is 18.5. The normalized spacial score (nSPS) is 13.1. The van der Waals surface area contributed by atoms with E-state index in [2.05, 4.69) is 62.7 Å². The molecule has 226 valence electrons. The molecule has 0 fully saturated rings. The highest BCUT2D eigenvalue weighted by Crippen LogP contribution is 2.08. The van der Waals surface area contributed by atoms with Crippen LogP contribution in [0.5, 0.6) is 0 Å². The smallest absolute Gasteiger partial charge is 0.222 e. The van der Waals surface area contributed by atoms with Crippen molar-refractivity contribution in [2.24, 2.45) is 11.8 Å². The van der Waals surface area contributed by atoms with Crippen molar-refractivity contribution in [1.29, 1.82) is 0 Å². The van der Waals surface area contributed by atoms with Gasteiger partial charge in [0.25, 0.3) is 0 Å². The van der Waals surface area contributed by atoms with E-state index in [0.29, 0.717) is 31.6 Å². The zero-order valence-electron chi connectivity index (χ0n) is 25.4. The maximum Gasteiger partial charge on any atom is 0.222 e. The maximum atomic E-state index is 12.5. The molecule has 0 spiro atoms. The number of hydrogen-bond donors (Lipinski definition) is 4. The number of nitrogens with one attached hydrogen (secondary N) is 4. The molecule has 0 saturated carbocycles. The van der Waals surface area contributed by atoms with E-state index >= 15 is 0 Å². The van der Waals surface area contributed by atoms with Crippen molar-refractivity contribution in [3.8, 4) is 0 Å². The van der Waals surface area contributed by atoms with E-state index in [1.807, 2.05) is 42.5 Å². The van der Waals surface area contributed by atoms with Crippen molar-refractivity contribution in [1.82, 2.24) is 51.3 Å². The molecule has 0 radical (unpaired) electrons. The molecular formula is C28H52N10O2. The van der Waals surface area contributed by atoms with Gasteiger partial charge in [0.2, 0.25) is 11.8 Å². The molecule has 2 heterocycles. The van der Waals surface area contributed by atoms with Crippen LogP contribution in [-0.4, -0.2) is 80.1 Å². The number of aromatic nitrogens is 6. The molecule has 2 aromatic rings. The Morgan fingerprint density at radius 1 is 0.725 bits per heavy atom. The molecule has 0 aliphatic rings. The predicted molar refractivity (Wildman–Crippen MR) is 157 cm³/mol. The highest BCUT2D eigenvalue weighted by atomic mass is 16.2. The number of carbonyl (C=O) groups excluding carboxylic acids is 2. The van der Waals surface area contributed by atoms with E-state index in [1.165, 1.54) is 0 Å². The third-order valence-electron chi connectivity index (χ3n) is 6.71. The van der Waals surface area contributed by atoms with Gasteiger partial charge in [-0.2, -0.15) is 0 Å². The molecular weight excluding hydrogens is 508 g/mol. The lowest BCUT2D eigenvalue weighted by Crippen LogP contribution is -2.32. The molecule has 2 atom stereocenters. The zero-order chi connectivity index (χ0) is 29.3. The zero-order valence-corrected chi connectivity index (χ0v) is 25.4. The molecule has 0 aromatic carbocycles. The minimum Gasteiger partial charge on any atom is -0.356 e. The van der Waals surface area contributed by atoms with Gasteiger partial charge in [-0.05, 0) is 39.2 Å². The summed E-state index contributed by atoms with van der Waals surface area (Å²) in [5, 5.41) is 29.7. The number of carbonyl (C=O) groups is 2. The first-order chi connectivity index (χ1) is 19.1. The fourth-order valence-electron chi connectivity index (χ4n) is 4.08. The quantitative estimate of drug-likeness (QED) is 0.169. The van der Waals surface area contributed by atoms with Crippen LogP contribution in [0.15, 0.2) is 12.4 Å². The highest BCUT2D eigenvalue weighted by molar-refractivity contribution is 5.78. The van der Waals surface area contributed by atoms with Crippen LogP contribution in [0, 0.1) is 11.8 Å². The molecule has 2 unspecified atom stereocenters. The number of hydrogen-bond acceptors (Lipinski definition) is 8. The fourth-order valence-corrected chi connectivity index (χ4v) is 4.08. The van der Waals surface area contributed by atoms with Crippen molar-refractivity contribution < 1.29 is 9.59 Å². The first-order valence-electron chi connectivity index (χ1n) is 14.9. The lowest BCUT2D eigenvalue weighted by atomic mass is 10.0. The first kappa shape index (κ1) is 33.3. The van der Waals surface area contributed by atoms with Crippen molar-refractivity contribution in [2.75, 3.05) is 26.2 Å². The van der Waals surface area contributed by atoms with Gasteiger partial charge in [0, 0.05) is 81.9 Å². The van der Waals surface area contributed by atoms with Gasteiger partial charge in [0.15, 0.2) is 0 Å². The number of rotatable bonds is 21. The molecule has 0 bridgehead atoms. The standard InChI is InChI=1S/C28H52N10O2/c1-21(2)27(39)32-16-12-26-20-37(36-34-26)17-7-13-30-24(6)10-9-23(5)28(40)31-14-8-18-38-19-25(33-35-38)11-15-29-22(3)4/h19-24,29-30H,7-18H2,1-6H3,(H,31,40)(H,32,39). The summed E-state index contributed by atoms with van der Waals surface area (Å²) in [7, 11) is 0. The van der Waals surface area contributed by atoms with E-state index in [9.17, 15) is 9.59 Å². The molecule has 40 heavy (non-hydrogen) atoms. The third kappa shape index (κ3) is 14.0. The lowest BCUT2D eigenvalue weighted by Gasteiger charge is -2.17. The van der Waals surface area contributed by atoms with Gasteiger partial charge < -0.3 is 21.3 Å². The van der Waals surface area contributed by atoms with Gasteiger partial charge in [-0.1, -0.05) is 45.0 Å². The molecule has 2 aromatic heterocycles. The van der Waals surface area contributed by atoms with Crippen LogP contribution in [0.2, 0.25) is 0 Å². The first-order valence-corrected chi connectivity index (χ1v) is 14.9. The van der Waals surface area contributed by atoms with Crippen LogP contribution >= 0.6 is 0 Å². The van der Waals surface area contributed by atoms with E-state index in [1.54, 1.807) is 0 Å². The molecule has 0 saturated heterocycles. The van der Waals surface area contributed by atoms with Crippen molar-refractivity contribution in [2.45, 2.75) is 105 Å². The fraction of sp³-hybridized carbons (Fsp3) is 0.786. The Hall–Kier alpha value is -2.86. The Balaban J connectivity index is 1.50. The van der Waals surface area contributed by atoms with Gasteiger partial charge in [0.1, 0.15) is 0 Å². The van der Waals surface area contributed by atoms with Crippen LogP contribution < -0.4 is 21.3 Å². The second-order valence-corrected chi connectivity index (χ2v) is 11.3. The largest absolute Gasteiger partial charge is 0.356 e. The summed E-state index contributed by atoms with van der Waals surface area (Å²) in [6.45, 7) is 16.7. The Morgan fingerprint density at radius 2 is 1.30 bits per heavy atom. The van der Waals surface area contributed by atoms with Crippen LogP contribution in [0.1, 0.15) is 78.6 Å². The van der Waals surface area contributed by atoms with Crippen molar-refractivity contribution >= 4 is 11.8 Å². The van der Waals surface area contributed by atoms with Crippen LogP contribution in [0.4, 0.5) is 0 Å². The molecule has 4 N–H and O–H groups in total. The summed E-state index contributed by atoms with van der Waals surface area (Å²) in [4.78, 5) is 24.1. The minimum absolute atomic E-state index is 0.00998. The molecule has 0 aliphatic heterocycles. The number of nitrogens with zero attached hydrogens (tertiary/aromatic N) is 6. The van der Waals surface area contributed by atoms with Gasteiger partial charge in [0.05, 0.1) is 11.4 Å². The van der Waals surface area contributed by atoms with E-state index in [0.717, 1.165) is 69.7 Å². The summed E-state index contributed by atoms with van der Waals surface area (Å²) < 4.78 is 3.71. The Labute approximate surface area is 239 Å². The van der Waals surface area contributed by atoms with Gasteiger partial charge in [-0.25, -0.2) is 0 Å². The third-order valence-corrected chi connectivity index (χ3v) is 6.71. The second-order valence-electron chi connectivity index (χ2n) is 11.3. The van der Waals surface area contributed by atoms with Crippen molar-refractivity contribution in [3.05, 3.63) is 23.8 Å². The minimum atomic E-state index is -0.0189. The average Bonchev–Trinajstić information content (AvgIpc) is 3.56. The molecule has 2 amide bonds. The Morgan fingerprint density at radius 3 is 1.90 bits per heavy atom. The molecule has 2 rings (SSSR count). The molecule has 0 aliphatic carbocycles. The molecule has 12 heteroatoms.